The molecule has 25 heavy (non-hydrogen) atoms. The fourth-order valence-electron chi connectivity index (χ4n) is 3.09. The summed E-state index contributed by atoms with van der Waals surface area (Å²) in [5.41, 5.74) is 1.15. The Morgan fingerprint density at radius 2 is 2.16 bits per heavy atom. The smallest absolute Gasteiger partial charge is 0.191 e. The highest BCUT2D eigenvalue weighted by Gasteiger charge is 2.17. The van der Waals surface area contributed by atoms with E-state index in [2.05, 4.69) is 40.4 Å². The summed E-state index contributed by atoms with van der Waals surface area (Å²) in [6, 6.07) is 8.77. The molecule has 0 amide bonds. The second-order valence-electron chi connectivity index (χ2n) is 6.35. The van der Waals surface area contributed by atoms with Crippen molar-refractivity contribution in [2.45, 2.75) is 45.7 Å². The molecule has 6 heteroatoms. The van der Waals surface area contributed by atoms with Crippen LogP contribution in [0.5, 0.6) is 5.75 Å². The van der Waals surface area contributed by atoms with E-state index < -0.39 is 0 Å². The van der Waals surface area contributed by atoms with E-state index in [1.807, 2.05) is 18.2 Å². The highest BCUT2D eigenvalue weighted by atomic mass is 127. The molecule has 2 N–H and O–H groups in total. The fraction of sp³-hybridized carbons (Fsp3) is 0.632. The van der Waals surface area contributed by atoms with Crippen LogP contribution in [-0.4, -0.2) is 50.2 Å². The minimum absolute atomic E-state index is 0. The first-order chi connectivity index (χ1) is 11.7. The number of nitrogens with zero attached hydrogens (tertiary/aromatic N) is 2. The van der Waals surface area contributed by atoms with Crippen molar-refractivity contribution in [2.75, 3.05) is 33.3 Å². The molecule has 0 aliphatic carbocycles. The first kappa shape index (κ1) is 22.0. The van der Waals surface area contributed by atoms with E-state index in [0.717, 1.165) is 36.9 Å². The van der Waals surface area contributed by atoms with Crippen LogP contribution in [0.25, 0.3) is 0 Å². The number of piperidine rings is 1. The Hall–Kier alpha value is -1.02. The zero-order chi connectivity index (χ0) is 17.2. The highest BCUT2D eigenvalue weighted by molar-refractivity contribution is 14.0. The van der Waals surface area contributed by atoms with Crippen molar-refractivity contribution >= 4 is 29.9 Å². The topological polar surface area (TPSA) is 48.9 Å². The summed E-state index contributed by atoms with van der Waals surface area (Å²) in [5, 5.41) is 6.77. The number of methoxy groups -OCH3 is 1. The fourth-order valence-corrected chi connectivity index (χ4v) is 3.09. The zero-order valence-corrected chi connectivity index (χ0v) is 18.1. The van der Waals surface area contributed by atoms with E-state index in [4.69, 9.17) is 4.74 Å². The maximum absolute atomic E-state index is 5.27. The van der Waals surface area contributed by atoms with Gasteiger partial charge in [-0.1, -0.05) is 18.6 Å². The second-order valence-corrected chi connectivity index (χ2v) is 6.35. The van der Waals surface area contributed by atoms with Gasteiger partial charge < -0.3 is 15.4 Å². The van der Waals surface area contributed by atoms with Crippen molar-refractivity contribution in [3.8, 4) is 5.75 Å². The summed E-state index contributed by atoms with van der Waals surface area (Å²) in [4.78, 5) is 7.25. The predicted octanol–water partition coefficient (Wildman–Crippen LogP) is 3.24. The number of aliphatic imine (C=N–C) groups is 1. The minimum atomic E-state index is 0. The summed E-state index contributed by atoms with van der Waals surface area (Å²) < 4.78 is 5.27. The quantitative estimate of drug-likeness (QED) is 0.373. The van der Waals surface area contributed by atoms with Crippen molar-refractivity contribution in [1.29, 1.82) is 0 Å². The number of likely N-dealkylation sites (tertiary alicyclic amines) is 1. The van der Waals surface area contributed by atoms with E-state index in [1.165, 1.54) is 25.8 Å². The van der Waals surface area contributed by atoms with Crippen molar-refractivity contribution < 1.29 is 4.74 Å². The largest absolute Gasteiger partial charge is 0.497 e. The predicted molar refractivity (Wildman–Crippen MR) is 116 cm³/mol. The molecule has 1 aromatic carbocycles. The lowest BCUT2D eigenvalue weighted by Gasteiger charge is -2.33. The SMILES string of the molecule is CCNC(=NCc1cccc(OC)c1)NCCN1CCCCC1C.I. The lowest BCUT2D eigenvalue weighted by atomic mass is 10.0. The first-order valence-corrected chi connectivity index (χ1v) is 9.12. The molecular weight excluding hydrogens is 427 g/mol. The Balaban J connectivity index is 0.00000312. The van der Waals surface area contributed by atoms with Gasteiger partial charge in [0.1, 0.15) is 5.75 Å². The standard InChI is InChI=1S/C19H32N4O.HI/c1-4-20-19(21-11-13-23-12-6-5-8-16(23)2)22-15-17-9-7-10-18(14-17)24-3;/h7,9-10,14,16H,4-6,8,11-13,15H2,1-3H3,(H2,20,21,22);1H. The van der Waals surface area contributed by atoms with Crippen LogP contribution in [0.4, 0.5) is 0 Å². The molecule has 1 atom stereocenters. The van der Waals surface area contributed by atoms with Gasteiger partial charge in [-0.2, -0.15) is 0 Å². The van der Waals surface area contributed by atoms with Crippen molar-refractivity contribution in [2.24, 2.45) is 4.99 Å². The molecule has 2 rings (SSSR count). The monoisotopic (exact) mass is 460 g/mol. The number of hydrogen-bond donors (Lipinski definition) is 2. The van der Waals surface area contributed by atoms with Gasteiger partial charge in [-0.15, -0.1) is 24.0 Å². The molecule has 1 saturated heterocycles. The molecule has 1 heterocycles. The molecule has 0 radical (unpaired) electrons. The van der Waals surface area contributed by atoms with Crippen LogP contribution in [0.1, 0.15) is 38.7 Å². The number of nitrogens with one attached hydrogen (secondary N) is 2. The molecule has 5 nitrogen and oxygen atoms in total. The Bertz CT molecular complexity index is 524. The van der Waals surface area contributed by atoms with E-state index in [9.17, 15) is 0 Å². The van der Waals surface area contributed by atoms with Crippen molar-refractivity contribution in [3.63, 3.8) is 0 Å². The van der Waals surface area contributed by atoms with Crippen molar-refractivity contribution in [3.05, 3.63) is 29.8 Å². The van der Waals surface area contributed by atoms with Gasteiger partial charge in [0.05, 0.1) is 13.7 Å². The van der Waals surface area contributed by atoms with E-state index in [1.54, 1.807) is 7.11 Å². The average Bonchev–Trinajstić information content (AvgIpc) is 2.61. The molecule has 142 valence electrons. The van der Waals surface area contributed by atoms with Crippen LogP contribution in [-0.2, 0) is 6.54 Å². The third-order valence-electron chi connectivity index (χ3n) is 4.53. The van der Waals surface area contributed by atoms with Gasteiger partial charge in [-0.25, -0.2) is 4.99 Å². The number of benzene rings is 1. The molecule has 1 unspecified atom stereocenters. The van der Waals surface area contributed by atoms with E-state index in [0.29, 0.717) is 12.6 Å². The molecule has 0 spiro atoms. The molecule has 0 bridgehead atoms. The highest BCUT2D eigenvalue weighted by Crippen LogP contribution is 2.15. The van der Waals surface area contributed by atoms with E-state index in [-0.39, 0.29) is 24.0 Å². The zero-order valence-electron chi connectivity index (χ0n) is 15.8. The molecular formula is C19H33IN4O. The molecule has 0 aromatic heterocycles. The number of halogens is 1. The van der Waals surface area contributed by atoms with Gasteiger partial charge in [0.2, 0.25) is 0 Å². The molecule has 1 aromatic rings. The van der Waals surface area contributed by atoms with Crippen molar-refractivity contribution in [1.82, 2.24) is 15.5 Å². The van der Waals surface area contributed by atoms with Crippen LogP contribution in [0.15, 0.2) is 29.3 Å². The van der Waals surface area contributed by atoms with Gasteiger partial charge >= 0.3 is 0 Å². The van der Waals surface area contributed by atoms with Gasteiger partial charge in [0.15, 0.2) is 5.96 Å². The van der Waals surface area contributed by atoms with E-state index >= 15 is 0 Å². The number of hydrogen-bond acceptors (Lipinski definition) is 3. The van der Waals surface area contributed by atoms with Crippen LogP contribution in [0, 0.1) is 0 Å². The summed E-state index contributed by atoms with van der Waals surface area (Å²) in [5.74, 6) is 1.75. The van der Waals surface area contributed by atoms with Crippen LogP contribution in [0.2, 0.25) is 0 Å². The number of ether oxygens (including phenoxy) is 1. The Morgan fingerprint density at radius 1 is 1.32 bits per heavy atom. The summed E-state index contributed by atoms with van der Waals surface area (Å²) >= 11 is 0. The van der Waals surface area contributed by atoms with Gasteiger partial charge in [-0.3, -0.25) is 4.90 Å². The minimum Gasteiger partial charge on any atom is -0.497 e. The lowest BCUT2D eigenvalue weighted by Crippen LogP contribution is -2.45. The molecule has 1 aliphatic rings. The second kappa shape index (κ2) is 12.4. The average molecular weight is 460 g/mol. The number of guanidine groups is 1. The molecule has 0 saturated carbocycles. The Morgan fingerprint density at radius 3 is 2.88 bits per heavy atom. The maximum Gasteiger partial charge on any atom is 0.191 e. The van der Waals surface area contributed by atoms with Gasteiger partial charge in [-0.05, 0) is 50.9 Å². The molecule has 1 fully saturated rings. The normalized spacial score (nSPS) is 18.4. The molecule has 1 aliphatic heterocycles. The van der Waals surface area contributed by atoms with Crippen LogP contribution < -0.4 is 15.4 Å². The number of rotatable bonds is 7. The third kappa shape index (κ3) is 7.81. The summed E-state index contributed by atoms with van der Waals surface area (Å²) in [6.07, 6.45) is 4.02. The first-order valence-electron chi connectivity index (χ1n) is 9.12. The lowest BCUT2D eigenvalue weighted by molar-refractivity contribution is 0.163. The van der Waals surface area contributed by atoms with Gasteiger partial charge in [0, 0.05) is 25.7 Å². The Labute approximate surface area is 169 Å². The van der Waals surface area contributed by atoms with Crippen LogP contribution >= 0.6 is 24.0 Å². The Kier molecular flexibility index (Phi) is 10.9. The van der Waals surface area contributed by atoms with Crippen LogP contribution in [0.3, 0.4) is 0 Å². The summed E-state index contributed by atoms with van der Waals surface area (Å²) in [6.45, 7) is 9.16. The maximum atomic E-state index is 5.27. The van der Waals surface area contributed by atoms with Gasteiger partial charge in [0.25, 0.3) is 0 Å². The third-order valence-corrected chi connectivity index (χ3v) is 4.53. The summed E-state index contributed by atoms with van der Waals surface area (Å²) in [7, 11) is 1.69.